The van der Waals surface area contributed by atoms with Crippen LogP contribution < -0.4 is 0 Å². The molecule has 3 rings (SSSR count). The van der Waals surface area contributed by atoms with E-state index in [-0.39, 0.29) is 28.4 Å². The molecule has 3 fully saturated rings. The fourth-order valence-corrected chi connectivity index (χ4v) is 5.42. The first-order valence-electron chi connectivity index (χ1n) is 5.20. The van der Waals surface area contributed by atoms with E-state index in [0.29, 0.717) is 12.3 Å². The van der Waals surface area contributed by atoms with Crippen LogP contribution in [0.5, 0.6) is 0 Å². The third kappa shape index (κ3) is 1.41. The van der Waals surface area contributed by atoms with Crippen LogP contribution in [0.25, 0.3) is 0 Å². The lowest BCUT2D eigenvalue weighted by molar-refractivity contribution is -0.0418. The Bertz CT molecular complexity index is 380. The molecule has 1 saturated heterocycles. The molecule has 6 atom stereocenters. The number of hydrogen-bond donors (Lipinski definition) is 0. The van der Waals surface area contributed by atoms with E-state index >= 15 is 0 Å². The van der Waals surface area contributed by atoms with Crippen molar-refractivity contribution in [1.29, 1.82) is 0 Å². The van der Waals surface area contributed by atoms with E-state index in [1.54, 1.807) is 0 Å². The van der Waals surface area contributed by atoms with Gasteiger partial charge in [-0.25, -0.2) is 0 Å². The average Bonchev–Trinajstić information content (AvgIpc) is 2.67. The predicted octanol–water partition coefficient (Wildman–Crippen LogP) is 1.25. The highest BCUT2D eigenvalue weighted by molar-refractivity contribution is 9.09. The van der Waals surface area contributed by atoms with Crippen molar-refractivity contribution in [2.45, 2.75) is 42.2 Å². The minimum Gasteiger partial charge on any atom is -0.361 e. The third-order valence-electron chi connectivity index (χ3n) is 3.76. The topological polar surface area (TPSA) is 52.6 Å². The largest absolute Gasteiger partial charge is 0.361 e. The van der Waals surface area contributed by atoms with Crippen molar-refractivity contribution >= 4 is 26.0 Å². The molecule has 0 N–H and O–H groups in total. The van der Waals surface area contributed by atoms with Crippen molar-refractivity contribution in [1.82, 2.24) is 0 Å². The zero-order valence-electron chi connectivity index (χ0n) is 8.30. The van der Waals surface area contributed by atoms with Gasteiger partial charge < -0.3 is 4.74 Å². The summed E-state index contributed by atoms with van der Waals surface area (Å²) in [5.41, 5.74) is 0. The smallest absolute Gasteiger partial charge is 0.270 e. The van der Waals surface area contributed by atoms with Gasteiger partial charge >= 0.3 is 0 Å². The summed E-state index contributed by atoms with van der Waals surface area (Å²) in [6, 6.07) is 0. The molecule has 0 amide bonds. The summed E-state index contributed by atoms with van der Waals surface area (Å²) in [6.07, 6.45) is 1.39. The molecular formula is C9H13BrO4S. The van der Waals surface area contributed by atoms with Gasteiger partial charge in [0.25, 0.3) is 10.1 Å². The van der Waals surface area contributed by atoms with Crippen LogP contribution in [-0.2, 0) is 19.0 Å². The van der Waals surface area contributed by atoms with Gasteiger partial charge in [0.2, 0.25) is 0 Å². The van der Waals surface area contributed by atoms with Crippen molar-refractivity contribution < 1.29 is 17.3 Å². The van der Waals surface area contributed by atoms with E-state index in [2.05, 4.69) is 15.9 Å². The first kappa shape index (κ1) is 10.5. The fraction of sp³-hybridized carbons (Fsp3) is 1.00. The lowest BCUT2D eigenvalue weighted by atomic mass is 9.94. The third-order valence-corrected chi connectivity index (χ3v) is 5.75. The Morgan fingerprint density at radius 2 is 2.20 bits per heavy atom. The molecule has 4 nitrogen and oxygen atoms in total. The summed E-state index contributed by atoms with van der Waals surface area (Å²) >= 11 is 3.33. The second kappa shape index (κ2) is 3.18. The van der Waals surface area contributed by atoms with Crippen LogP contribution >= 0.6 is 15.9 Å². The Kier molecular flexibility index (Phi) is 2.23. The molecule has 0 radical (unpaired) electrons. The van der Waals surface area contributed by atoms with Crippen molar-refractivity contribution in [3.8, 4) is 0 Å². The van der Waals surface area contributed by atoms with Gasteiger partial charge in [-0.3, -0.25) is 4.18 Å². The van der Waals surface area contributed by atoms with Crippen LogP contribution in [-0.4, -0.2) is 30.9 Å². The van der Waals surface area contributed by atoms with Crippen LogP contribution in [0.2, 0.25) is 0 Å². The molecule has 1 aliphatic heterocycles. The lowest BCUT2D eigenvalue weighted by Gasteiger charge is -2.26. The molecular weight excluding hydrogens is 284 g/mol. The van der Waals surface area contributed by atoms with Crippen molar-refractivity contribution in [3.05, 3.63) is 0 Å². The number of ether oxygens (including phenoxy) is 1. The molecule has 6 unspecified atom stereocenters. The molecule has 0 aromatic rings. The molecule has 6 heteroatoms. The summed E-state index contributed by atoms with van der Waals surface area (Å²) in [5, 5.41) is -0.301. The highest BCUT2D eigenvalue weighted by atomic mass is 79.9. The summed E-state index contributed by atoms with van der Waals surface area (Å²) in [5.74, 6) is 0.540. The molecule has 2 aliphatic carbocycles. The van der Waals surface area contributed by atoms with E-state index in [9.17, 15) is 8.42 Å². The monoisotopic (exact) mass is 296 g/mol. The summed E-state index contributed by atoms with van der Waals surface area (Å²) in [7, 11) is -3.30. The summed E-state index contributed by atoms with van der Waals surface area (Å²) < 4.78 is 34.1. The normalized spacial score (nSPS) is 52.3. The number of halogens is 1. The van der Waals surface area contributed by atoms with Crippen LogP contribution in [0.15, 0.2) is 0 Å². The van der Waals surface area contributed by atoms with Gasteiger partial charge in [-0.05, 0) is 25.7 Å². The standard InChI is InChI=1S/C9H13BrO4S/c1-4(10)13-8-5-2-6-7(3-5)15(11,12)14-9(6)8/h4-9H,2-3H2,1H3. The summed E-state index contributed by atoms with van der Waals surface area (Å²) in [4.78, 5) is 0. The van der Waals surface area contributed by atoms with E-state index in [0.717, 1.165) is 6.42 Å². The van der Waals surface area contributed by atoms with E-state index in [1.807, 2.05) is 6.92 Å². The fourth-order valence-electron chi connectivity index (χ4n) is 3.29. The Labute approximate surface area is 97.6 Å². The van der Waals surface area contributed by atoms with Gasteiger partial charge in [-0.1, -0.05) is 15.9 Å². The SMILES string of the molecule is CC(Br)OC1C2CC3C1OS(=O)(=O)C3C2. The van der Waals surface area contributed by atoms with Crippen molar-refractivity contribution in [2.75, 3.05) is 0 Å². The molecule has 0 aromatic heterocycles. The van der Waals surface area contributed by atoms with Crippen LogP contribution in [0.4, 0.5) is 0 Å². The molecule has 0 aromatic carbocycles. The van der Waals surface area contributed by atoms with Gasteiger partial charge in [0, 0.05) is 5.92 Å². The van der Waals surface area contributed by atoms with Crippen LogP contribution in [0, 0.1) is 11.8 Å². The number of hydrogen-bond acceptors (Lipinski definition) is 4. The Balaban J connectivity index is 1.88. The maximum Gasteiger partial charge on any atom is 0.270 e. The molecule has 3 aliphatic rings. The van der Waals surface area contributed by atoms with Crippen LogP contribution in [0.1, 0.15) is 19.8 Å². The predicted molar refractivity (Wildman–Crippen MR) is 57.1 cm³/mol. The second-order valence-electron chi connectivity index (χ2n) is 4.63. The number of alkyl halides is 1. The number of rotatable bonds is 2. The van der Waals surface area contributed by atoms with Gasteiger partial charge in [0.05, 0.1) is 11.4 Å². The van der Waals surface area contributed by atoms with Gasteiger partial charge in [0.1, 0.15) is 11.1 Å². The van der Waals surface area contributed by atoms with E-state index < -0.39 is 10.1 Å². The highest BCUT2D eigenvalue weighted by Gasteiger charge is 2.64. The van der Waals surface area contributed by atoms with Crippen LogP contribution in [0.3, 0.4) is 0 Å². The lowest BCUT2D eigenvalue weighted by Crippen LogP contribution is -2.36. The minimum absolute atomic E-state index is 0.0436. The Morgan fingerprint density at radius 1 is 1.47 bits per heavy atom. The molecule has 1 heterocycles. The maximum absolute atomic E-state index is 11.6. The minimum atomic E-state index is -3.30. The molecule has 15 heavy (non-hydrogen) atoms. The molecule has 2 bridgehead atoms. The first-order chi connectivity index (χ1) is 6.99. The highest BCUT2D eigenvalue weighted by Crippen LogP contribution is 2.55. The quantitative estimate of drug-likeness (QED) is 0.568. The second-order valence-corrected chi connectivity index (χ2v) is 7.70. The first-order valence-corrected chi connectivity index (χ1v) is 7.59. The van der Waals surface area contributed by atoms with E-state index in [1.165, 1.54) is 0 Å². The zero-order chi connectivity index (χ0) is 10.8. The summed E-state index contributed by atoms with van der Waals surface area (Å²) in [6.45, 7) is 1.90. The molecule has 0 spiro atoms. The Morgan fingerprint density at radius 3 is 2.87 bits per heavy atom. The molecule has 2 saturated carbocycles. The van der Waals surface area contributed by atoms with Gasteiger partial charge in [0.15, 0.2) is 0 Å². The van der Waals surface area contributed by atoms with Gasteiger partial charge in [-0.2, -0.15) is 8.42 Å². The number of fused-ring (bicyclic) bond motifs is 1. The van der Waals surface area contributed by atoms with Crippen molar-refractivity contribution in [2.24, 2.45) is 11.8 Å². The molecule has 86 valence electrons. The van der Waals surface area contributed by atoms with Gasteiger partial charge in [-0.15, -0.1) is 0 Å². The zero-order valence-corrected chi connectivity index (χ0v) is 10.7. The van der Waals surface area contributed by atoms with Crippen molar-refractivity contribution in [3.63, 3.8) is 0 Å². The van der Waals surface area contributed by atoms with E-state index in [4.69, 9.17) is 8.92 Å². The maximum atomic E-state index is 11.6. The Hall–Kier alpha value is 0.350. The average molecular weight is 297 g/mol.